The van der Waals surface area contributed by atoms with E-state index in [0.717, 1.165) is 4.90 Å². The van der Waals surface area contributed by atoms with E-state index in [1.54, 1.807) is 0 Å². The molecule has 10 nitrogen and oxygen atoms in total. The minimum atomic E-state index is -0.711. The number of anilines is 1. The molecule has 1 aliphatic heterocycles. The van der Waals surface area contributed by atoms with Crippen molar-refractivity contribution in [3.63, 3.8) is 0 Å². The molecule has 1 saturated heterocycles. The SMILES string of the molecule is O=C(COC(=O)CCN1C(=O)C2CC=CCC2C1=O)Nc1ccc([N+](=O)[O-])cc1. The highest BCUT2D eigenvalue weighted by Crippen LogP contribution is 2.35. The highest BCUT2D eigenvalue weighted by molar-refractivity contribution is 6.05. The Kier molecular flexibility index (Phi) is 6.01. The monoisotopic (exact) mass is 401 g/mol. The Labute approximate surface area is 165 Å². The lowest BCUT2D eigenvalue weighted by molar-refractivity contribution is -0.384. The van der Waals surface area contributed by atoms with Crippen molar-refractivity contribution in [1.82, 2.24) is 4.90 Å². The molecule has 3 rings (SSSR count). The van der Waals surface area contributed by atoms with Crippen LogP contribution in [0.15, 0.2) is 36.4 Å². The Morgan fingerprint density at radius 2 is 1.69 bits per heavy atom. The summed E-state index contributed by atoms with van der Waals surface area (Å²) in [5.41, 5.74) is 0.206. The third kappa shape index (κ3) is 4.65. The van der Waals surface area contributed by atoms with Gasteiger partial charge in [-0.2, -0.15) is 0 Å². The Balaban J connectivity index is 1.42. The molecule has 0 radical (unpaired) electrons. The molecule has 1 N–H and O–H groups in total. The predicted octanol–water partition coefficient (Wildman–Crippen LogP) is 1.42. The molecule has 3 amide bonds. The second-order valence-corrected chi connectivity index (χ2v) is 6.75. The number of non-ortho nitro benzene ring substituents is 1. The first-order valence-electron chi connectivity index (χ1n) is 9.07. The van der Waals surface area contributed by atoms with Gasteiger partial charge in [0.25, 0.3) is 11.6 Å². The number of imide groups is 1. The van der Waals surface area contributed by atoms with Crippen LogP contribution in [0.5, 0.6) is 0 Å². The molecular weight excluding hydrogens is 382 g/mol. The summed E-state index contributed by atoms with van der Waals surface area (Å²) in [7, 11) is 0. The van der Waals surface area contributed by atoms with E-state index in [-0.39, 0.29) is 42.3 Å². The molecule has 2 atom stereocenters. The van der Waals surface area contributed by atoms with Gasteiger partial charge in [-0.25, -0.2) is 0 Å². The van der Waals surface area contributed by atoms with Crippen molar-refractivity contribution >= 4 is 35.1 Å². The number of ether oxygens (including phenoxy) is 1. The van der Waals surface area contributed by atoms with E-state index in [1.165, 1.54) is 24.3 Å². The number of carbonyl (C=O) groups excluding carboxylic acids is 4. The van der Waals surface area contributed by atoms with Crippen LogP contribution in [-0.4, -0.2) is 46.7 Å². The fourth-order valence-electron chi connectivity index (χ4n) is 3.37. The van der Waals surface area contributed by atoms with Gasteiger partial charge in [-0.3, -0.25) is 34.2 Å². The zero-order valence-corrected chi connectivity index (χ0v) is 15.4. The van der Waals surface area contributed by atoms with E-state index in [0.29, 0.717) is 18.5 Å². The predicted molar refractivity (Wildman–Crippen MR) is 99.4 cm³/mol. The summed E-state index contributed by atoms with van der Waals surface area (Å²) in [6.07, 6.45) is 4.62. The van der Waals surface area contributed by atoms with Crippen LogP contribution in [0.2, 0.25) is 0 Å². The number of esters is 1. The van der Waals surface area contributed by atoms with E-state index < -0.39 is 23.4 Å². The number of amides is 3. The van der Waals surface area contributed by atoms with E-state index in [9.17, 15) is 29.3 Å². The van der Waals surface area contributed by atoms with Crippen molar-refractivity contribution in [2.75, 3.05) is 18.5 Å². The zero-order chi connectivity index (χ0) is 21.0. The first-order chi connectivity index (χ1) is 13.9. The lowest BCUT2D eigenvalue weighted by atomic mass is 9.85. The fraction of sp³-hybridized carbons (Fsp3) is 0.368. The van der Waals surface area contributed by atoms with Gasteiger partial charge in [0.05, 0.1) is 23.2 Å². The lowest BCUT2D eigenvalue weighted by Crippen LogP contribution is -2.33. The van der Waals surface area contributed by atoms with Crippen molar-refractivity contribution in [1.29, 1.82) is 0 Å². The van der Waals surface area contributed by atoms with Crippen molar-refractivity contribution in [3.8, 4) is 0 Å². The number of benzene rings is 1. The van der Waals surface area contributed by atoms with E-state index in [4.69, 9.17) is 4.74 Å². The summed E-state index contributed by atoms with van der Waals surface area (Å²) in [6.45, 7) is -0.625. The Hall–Kier alpha value is -3.56. The number of nitrogens with one attached hydrogen (secondary N) is 1. The molecule has 0 aromatic heterocycles. The second kappa shape index (κ2) is 8.63. The number of hydrogen-bond acceptors (Lipinski definition) is 7. The van der Waals surface area contributed by atoms with Crippen LogP contribution in [0.1, 0.15) is 19.3 Å². The van der Waals surface area contributed by atoms with Gasteiger partial charge in [-0.05, 0) is 25.0 Å². The number of carbonyl (C=O) groups is 4. The van der Waals surface area contributed by atoms with Crippen LogP contribution in [0, 0.1) is 22.0 Å². The standard InChI is InChI=1S/C19H19N3O7/c23-16(20-12-5-7-13(8-6-12)22(27)28)11-29-17(24)9-10-21-18(25)14-3-1-2-4-15(14)19(21)26/h1-2,5-8,14-15H,3-4,9-11H2,(H,20,23). The van der Waals surface area contributed by atoms with Gasteiger partial charge in [0.1, 0.15) is 0 Å². The van der Waals surface area contributed by atoms with E-state index in [2.05, 4.69) is 5.32 Å². The van der Waals surface area contributed by atoms with Gasteiger partial charge in [0, 0.05) is 24.4 Å². The second-order valence-electron chi connectivity index (χ2n) is 6.75. The third-order valence-corrected chi connectivity index (χ3v) is 4.86. The first kappa shape index (κ1) is 20.2. The maximum atomic E-state index is 12.3. The number of nitro groups is 1. The molecule has 1 aromatic carbocycles. The molecule has 10 heteroatoms. The highest BCUT2D eigenvalue weighted by Gasteiger charge is 2.46. The molecule has 0 saturated carbocycles. The summed E-state index contributed by atoms with van der Waals surface area (Å²) in [6, 6.07) is 5.19. The number of rotatable bonds is 7. The maximum absolute atomic E-state index is 12.3. The van der Waals surface area contributed by atoms with Gasteiger partial charge in [-0.1, -0.05) is 12.2 Å². The molecule has 0 spiro atoms. The van der Waals surface area contributed by atoms with E-state index in [1.807, 2.05) is 12.2 Å². The minimum Gasteiger partial charge on any atom is -0.456 e. The zero-order valence-electron chi connectivity index (χ0n) is 15.4. The third-order valence-electron chi connectivity index (χ3n) is 4.86. The highest BCUT2D eigenvalue weighted by atomic mass is 16.6. The smallest absolute Gasteiger partial charge is 0.308 e. The minimum absolute atomic E-state index is 0.0759. The number of fused-ring (bicyclic) bond motifs is 1. The molecule has 1 heterocycles. The average molecular weight is 401 g/mol. The van der Waals surface area contributed by atoms with Crippen molar-refractivity contribution < 1.29 is 28.8 Å². The normalized spacial score (nSPS) is 20.3. The average Bonchev–Trinajstić information content (AvgIpc) is 2.95. The first-order valence-corrected chi connectivity index (χ1v) is 9.07. The molecule has 152 valence electrons. The summed E-state index contributed by atoms with van der Waals surface area (Å²) in [4.78, 5) is 59.4. The number of hydrogen-bond donors (Lipinski definition) is 1. The Morgan fingerprint density at radius 3 is 2.24 bits per heavy atom. The Bertz CT molecular complexity index is 852. The van der Waals surface area contributed by atoms with Crippen LogP contribution in [0.3, 0.4) is 0 Å². The molecule has 0 bridgehead atoms. The lowest BCUT2D eigenvalue weighted by Gasteiger charge is -2.14. The van der Waals surface area contributed by atoms with E-state index >= 15 is 0 Å². The van der Waals surface area contributed by atoms with Crippen LogP contribution >= 0.6 is 0 Å². The van der Waals surface area contributed by atoms with Crippen molar-refractivity contribution in [2.45, 2.75) is 19.3 Å². The molecule has 2 aliphatic rings. The topological polar surface area (TPSA) is 136 Å². The summed E-state index contributed by atoms with van der Waals surface area (Å²) < 4.78 is 4.87. The molecule has 29 heavy (non-hydrogen) atoms. The van der Waals surface area contributed by atoms with Crippen LogP contribution in [-0.2, 0) is 23.9 Å². The van der Waals surface area contributed by atoms with Crippen molar-refractivity contribution in [2.24, 2.45) is 11.8 Å². The number of nitro benzene ring substituents is 1. The number of likely N-dealkylation sites (tertiary alicyclic amines) is 1. The van der Waals surface area contributed by atoms with Gasteiger partial charge in [-0.15, -0.1) is 0 Å². The van der Waals surface area contributed by atoms with Crippen LogP contribution in [0.25, 0.3) is 0 Å². The quantitative estimate of drug-likeness (QED) is 0.240. The Morgan fingerprint density at radius 1 is 1.10 bits per heavy atom. The molecular formula is C19H19N3O7. The van der Waals surface area contributed by atoms with Gasteiger partial charge in [0.15, 0.2) is 6.61 Å². The van der Waals surface area contributed by atoms with Gasteiger partial charge >= 0.3 is 5.97 Å². The fourth-order valence-corrected chi connectivity index (χ4v) is 3.37. The molecule has 1 fully saturated rings. The molecule has 1 aliphatic carbocycles. The van der Waals surface area contributed by atoms with Crippen LogP contribution < -0.4 is 5.32 Å². The maximum Gasteiger partial charge on any atom is 0.308 e. The molecule has 2 unspecified atom stereocenters. The summed E-state index contributed by atoms with van der Waals surface area (Å²) >= 11 is 0. The summed E-state index contributed by atoms with van der Waals surface area (Å²) in [5.74, 6) is -2.57. The number of allylic oxidation sites excluding steroid dienone is 2. The largest absolute Gasteiger partial charge is 0.456 e. The van der Waals surface area contributed by atoms with Crippen molar-refractivity contribution in [3.05, 3.63) is 46.5 Å². The van der Waals surface area contributed by atoms with Crippen LogP contribution in [0.4, 0.5) is 11.4 Å². The molecule has 1 aromatic rings. The summed E-state index contributed by atoms with van der Waals surface area (Å²) in [5, 5.41) is 13.0. The van der Waals surface area contributed by atoms with Gasteiger partial charge < -0.3 is 10.1 Å². The van der Waals surface area contributed by atoms with Gasteiger partial charge in [0.2, 0.25) is 11.8 Å². The number of nitrogens with zero attached hydrogens (tertiary/aromatic N) is 2.